The van der Waals surface area contributed by atoms with Crippen molar-refractivity contribution in [1.29, 1.82) is 0 Å². The number of hydrogen-bond donors (Lipinski definition) is 1. The monoisotopic (exact) mass is 487 g/mol. The maximum Gasteiger partial charge on any atom is 0.279 e. The van der Waals surface area contributed by atoms with Crippen LogP contribution in [-0.2, 0) is 20.0 Å². The number of benzene rings is 3. The zero-order valence-electron chi connectivity index (χ0n) is 17.7. The first-order chi connectivity index (χ1) is 15.7. The minimum absolute atomic E-state index is 0.0424. The zero-order valence-corrected chi connectivity index (χ0v) is 19.4. The maximum atomic E-state index is 14.7. The highest BCUT2D eigenvalue weighted by atomic mass is 32.2. The van der Waals surface area contributed by atoms with Crippen LogP contribution in [0.5, 0.6) is 0 Å². The third-order valence-corrected chi connectivity index (χ3v) is 8.28. The molecule has 1 atom stereocenters. The molecule has 0 amide bonds. The smallest absolute Gasteiger partial charge is 0.279 e. The van der Waals surface area contributed by atoms with E-state index in [9.17, 15) is 21.2 Å². The van der Waals surface area contributed by atoms with Gasteiger partial charge >= 0.3 is 0 Å². The van der Waals surface area contributed by atoms with E-state index in [2.05, 4.69) is 9.82 Å². The Balaban J connectivity index is 1.78. The molecule has 10 heteroatoms. The summed E-state index contributed by atoms with van der Waals surface area (Å²) < 4.78 is 68.8. The molecule has 7 nitrogen and oxygen atoms in total. The highest BCUT2D eigenvalue weighted by Gasteiger charge is 2.38. The van der Waals surface area contributed by atoms with Gasteiger partial charge in [-0.25, -0.2) is 12.8 Å². The topological polar surface area (TPSA) is 95.9 Å². The summed E-state index contributed by atoms with van der Waals surface area (Å²) >= 11 is 0. The van der Waals surface area contributed by atoms with Gasteiger partial charge in [-0.05, 0) is 42.8 Å². The maximum absolute atomic E-state index is 14.7. The molecule has 0 aromatic heterocycles. The molecule has 1 aliphatic heterocycles. The quantitative estimate of drug-likeness (QED) is 0.542. The van der Waals surface area contributed by atoms with Crippen LogP contribution in [0.15, 0.2) is 88.9 Å². The summed E-state index contributed by atoms with van der Waals surface area (Å²) in [6, 6.07) is 19.5. The molecule has 4 rings (SSSR count). The Hall–Kier alpha value is -3.24. The average Bonchev–Trinajstić information content (AvgIpc) is 3.26. The van der Waals surface area contributed by atoms with E-state index >= 15 is 0 Å². The summed E-state index contributed by atoms with van der Waals surface area (Å²) in [5, 5.41) is 4.38. The van der Waals surface area contributed by atoms with E-state index in [0.29, 0.717) is 17.0 Å². The lowest BCUT2D eigenvalue weighted by Gasteiger charge is -2.23. The van der Waals surface area contributed by atoms with Crippen molar-refractivity contribution < 1.29 is 21.2 Å². The molecule has 3 aromatic carbocycles. The molecule has 1 heterocycles. The molecule has 0 saturated carbocycles. The van der Waals surface area contributed by atoms with Crippen LogP contribution in [0.3, 0.4) is 0 Å². The van der Waals surface area contributed by atoms with Crippen LogP contribution >= 0.6 is 0 Å². The highest BCUT2D eigenvalue weighted by Crippen LogP contribution is 2.38. The third-order valence-electron chi connectivity index (χ3n) is 5.27. The number of nitrogens with zero attached hydrogens (tertiary/aromatic N) is 2. The second-order valence-electron chi connectivity index (χ2n) is 7.47. The van der Waals surface area contributed by atoms with Gasteiger partial charge in [0.05, 0.1) is 22.4 Å². The minimum Gasteiger partial charge on any atom is -0.284 e. The Morgan fingerprint density at radius 1 is 0.970 bits per heavy atom. The van der Waals surface area contributed by atoms with E-state index in [1.54, 1.807) is 48.5 Å². The van der Waals surface area contributed by atoms with Crippen LogP contribution < -0.4 is 4.72 Å². The molecule has 0 bridgehead atoms. The van der Waals surface area contributed by atoms with E-state index in [1.165, 1.54) is 37.3 Å². The third kappa shape index (κ3) is 4.76. The zero-order chi connectivity index (χ0) is 23.6. The van der Waals surface area contributed by atoms with Crippen molar-refractivity contribution >= 4 is 31.4 Å². The van der Waals surface area contributed by atoms with Crippen LogP contribution in [0.4, 0.5) is 10.1 Å². The van der Waals surface area contributed by atoms with Crippen molar-refractivity contribution in [3.05, 3.63) is 95.8 Å². The molecule has 0 aliphatic carbocycles. The van der Waals surface area contributed by atoms with Gasteiger partial charge in [0.15, 0.2) is 0 Å². The number of hydrogen-bond acceptors (Lipinski definition) is 5. The van der Waals surface area contributed by atoms with E-state index in [4.69, 9.17) is 0 Å². The van der Waals surface area contributed by atoms with Crippen molar-refractivity contribution in [2.45, 2.75) is 24.3 Å². The number of sulfonamides is 2. The number of hydrazone groups is 1. The lowest BCUT2D eigenvalue weighted by molar-refractivity contribution is 0.362. The molecule has 0 unspecified atom stereocenters. The van der Waals surface area contributed by atoms with Gasteiger partial charge in [0.1, 0.15) is 5.82 Å². The van der Waals surface area contributed by atoms with E-state index in [-0.39, 0.29) is 22.6 Å². The van der Waals surface area contributed by atoms with Crippen molar-refractivity contribution in [3.63, 3.8) is 0 Å². The molecular weight excluding hydrogens is 465 g/mol. The first kappa shape index (κ1) is 22.9. The first-order valence-electron chi connectivity index (χ1n) is 10.2. The molecule has 0 saturated heterocycles. The SMILES string of the molecule is CCS(=O)(=O)Nc1cccc(C2=NN(S(=O)(=O)c3ccccc3)[C@@H](c3ccccc3F)C2)c1. The second-order valence-corrected chi connectivity index (χ2v) is 11.3. The van der Waals surface area contributed by atoms with Crippen LogP contribution in [-0.4, -0.2) is 32.7 Å². The van der Waals surface area contributed by atoms with Gasteiger partial charge in [0.25, 0.3) is 10.0 Å². The van der Waals surface area contributed by atoms with E-state index < -0.39 is 31.9 Å². The number of anilines is 1. The van der Waals surface area contributed by atoms with Gasteiger partial charge in [-0.3, -0.25) is 4.72 Å². The molecule has 0 spiro atoms. The highest BCUT2D eigenvalue weighted by molar-refractivity contribution is 7.92. The molecule has 0 radical (unpaired) electrons. The van der Waals surface area contributed by atoms with E-state index in [1.807, 2.05) is 0 Å². The molecular formula is C23H22FN3O4S2. The predicted molar refractivity (Wildman–Crippen MR) is 125 cm³/mol. The van der Waals surface area contributed by atoms with Gasteiger partial charge in [-0.2, -0.15) is 17.9 Å². The lowest BCUT2D eigenvalue weighted by atomic mass is 9.98. The normalized spacial score (nSPS) is 16.5. The van der Waals surface area contributed by atoms with Crippen molar-refractivity contribution in [2.24, 2.45) is 5.10 Å². The first-order valence-corrected chi connectivity index (χ1v) is 13.3. The largest absolute Gasteiger partial charge is 0.284 e. The minimum atomic E-state index is -4.07. The van der Waals surface area contributed by atoms with Gasteiger partial charge in [0, 0.05) is 17.7 Å². The fourth-order valence-corrected chi connectivity index (χ4v) is 5.65. The Bertz CT molecular complexity index is 1410. The van der Waals surface area contributed by atoms with Crippen LogP contribution in [0, 0.1) is 5.82 Å². The average molecular weight is 488 g/mol. The van der Waals surface area contributed by atoms with Crippen LogP contribution in [0.25, 0.3) is 0 Å². The van der Waals surface area contributed by atoms with Crippen LogP contribution in [0.2, 0.25) is 0 Å². The van der Waals surface area contributed by atoms with Crippen molar-refractivity contribution in [2.75, 3.05) is 10.5 Å². The number of nitrogens with one attached hydrogen (secondary N) is 1. The van der Waals surface area contributed by atoms with Gasteiger partial charge < -0.3 is 0 Å². The Morgan fingerprint density at radius 3 is 2.36 bits per heavy atom. The number of rotatable bonds is 7. The predicted octanol–water partition coefficient (Wildman–Crippen LogP) is 4.13. The standard InChI is InChI=1S/C23H22FN3O4S2/c1-2-32(28,29)26-18-10-8-9-17(15-18)22-16-23(20-13-6-7-14-21(20)24)27(25-22)33(30,31)19-11-4-3-5-12-19/h3-15,23,26H,2,16H2,1H3/t23-/m1/s1. The Morgan fingerprint density at radius 2 is 1.67 bits per heavy atom. The summed E-state index contributed by atoms with van der Waals surface area (Å²) in [6.07, 6.45) is 0.122. The summed E-state index contributed by atoms with van der Waals surface area (Å²) in [6.45, 7) is 1.53. The lowest BCUT2D eigenvalue weighted by Crippen LogP contribution is -2.27. The Labute approximate surface area is 192 Å². The molecule has 1 N–H and O–H groups in total. The summed E-state index contributed by atoms with van der Waals surface area (Å²) in [5.41, 5.74) is 1.49. The fourth-order valence-electron chi connectivity index (χ4n) is 3.58. The molecule has 0 fully saturated rings. The van der Waals surface area contributed by atoms with Gasteiger partial charge in [-0.1, -0.05) is 48.5 Å². The van der Waals surface area contributed by atoms with Gasteiger partial charge in [-0.15, -0.1) is 0 Å². The summed E-state index contributed by atoms with van der Waals surface area (Å²) in [7, 11) is -7.56. The van der Waals surface area contributed by atoms with Crippen molar-refractivity contribution in [1.82, 2.24) is 4.41 Å². The van der Waals surface area contributed by atoms with Gasteiger partial charge in [0.2, 0.25) is 10.0 Å². The second kappa shape index (κ2) is 8.95. The number of halogens is 1. The molecule has 3 aromatic rings. The van der Waals surface area contributed by atoms with Crippen LogP contribution in [0.1, 0.15) is 30.5 Å². The Kier molecular flexibility index (Phi) is 6.22. The van der Waals surface area contributed by atoms with Crippen molar-refractivity contribution in [3.8, 4) is 0 Å². The molecule has 1 aliphatic rings. The summed E-state index contributed by atoms with van der Waals surface area (Å²) in [5.74, 6) is -0.618. The molecule has 33 heavy (non-hydrogen) atoms. The summed E-state index contributed by atoms with van der Waals surface area (Å²) in [4.78, 5) is 0.0424. The fraction of sp³-hybridized carbons (Fsp3) is 0.174. The van der Waals surface area contributed by atoms with E-state index in [0.717, 1.165) is 4.41 Å². The molecule has 172 valence electrons.